The summed E-state index contributed by atoms with van der Waals surface area (Å²) in [5, 5.41) is 11.5. The Labute approximate surface area is 221 Å². The summed E-state index contributed by atoms with van der Waals surface area (Å²) in [4.78, 5) is 45.4. The van der Waals surface area contributed by atoms with E-state index in [2.05, 4.69) is 0 Å². The molecule has 3 heterocycles. The minimum absolute atomic E-state index is 0.0686. The molecule has 38 heavy (non-hydrogen) atoms. The lowest BCUT2D eigenvalue weighted by molar-refractivity contribution is -0.143. The van der Waals surface area contributed by atoms with Crippen molar-refractivity contribution in [3.8, 4) is 0 Å². The largest absolute Gasteiger partial charge is 0.507 e. The van der Waals surface area contributed by atoms with Crippen molar-refractivity contribution in [2.75, 3.05) is 52.2 Å². The fraction of sp³-hybridized carbons (Fsp3) is 0.370. The monoisotopic (exact) mass is 538 g/mol. The smallest absolute Gasteiger partial charge is 0.296 e. The van der Waals surface area contributed by atoms with Gasteiger partial charge in [0, 0.05) is 50.0 Å². The number of ketones is 1. The van der Waals surface area contributed by atoms with Crippen molar-refractivity contribution < 1.29 is 27.9 Å². The molecule has 0 aromatic heterocycles. The number of carbonyl (C=O) groups excluding carboxylic acids is 3. The van der Waals surface area contributed by atoms with Gasteiger partial charge in [0.15, 0.2) is 5.54 Å². The highest BCUT2D eigenvalue weighted by Gasteiger charge is 2.66. The van der Waals surface area contributed by atoms with Crippen molar-refractivity contribution in [1.29, 1.82) is 0 Å². The summed E-state index contributed by atoms with van der Waals surface area (Å²) < 4.78 is 27.3. The van der Waals surface area contributed by atoms with Crippen LogP contribution >= 0.6 is 0 Å². The Morgan fingerprint density at radius 2 is 1.63 bits per heavy atom. The van der Waals surface area contributed by atoms with Crippen molar-refractivity contribution in [1.82, 2.24) is 14.1 Å². The molecule has 1 atom stereocenters. The van der Waals surface area contributed by atoms with E-state index < -0.39 is 38.9 Å². The van der Waals surface area contributed by atoms with Gasteiger partial charge in [-0.2, -0.15) is 4.31 Å². The molecule has 1 spiro atoms. The van der Waals surface area contributed by atoms with E-state index in [1.54, 1.807) is 31.3 Å². The van der Waals surface area contributed by atoms with Crippen LogP contribution in [-0.4, -0.2) is 92.5 Å². The molecule has 0 saturated carbocycles. The molecule has 5 rings (SSSR count). The highest BCUT2D eigenvalue weighted by Crippen LogP contribution is 2.53. The van der Waals surface area contributed by atoms with E-state index in [4.69, 9.17) is 0 Å². The quantitative estimate of drug-likeness (QED) is 0.337. The lowest BCUT2D eigenvalue weighted by atomic mass is 9.82. The lowest BCUT2D eigenvalue weighted by Gasteiger charge is -2.34. The number of anilines is 1. The van der Waals surface area contributed by atoms with Gasteiger partial charge in [0.05, 0.1) is 10.5 Å². The number of rotatable bonds is 6. The number of hydrogen-bond donors (Lipinski definition) is 1. The second-order valence-electron chi connectivity index (χ2n) is 10.0. The molecular weight excluding hydrogens is 508 g/mol. The number of sulfonamides is 1. The SMILES string of the molecule is CN(C)CCN1C(=O)C(=O)/C(=C(/O)c2ccc(S(=O)(=O)N3CCCC3)cc2)C12C(=O)N(C)c1ccccc12. The number of hydrogen-bond acceptors (Lipinski definition) is 7. The van der Waals surface area contributed by atoms with Crippen molar-refractivity contribution in [2.45, 2.75) is 23.3 Å². The number of likely N-dealkylation sites (tertiary alicyclic amines) is 1. The zero-order valence-electron chi connectivity index (χ0n) is 21.5. The maximum Gasteiger partial charge on any atom is 0.296 e. The van der Waals surface area contributed by atoms with Gasteiger partial charge < -0.3 is 19.8 Å². The van der Waals surface area contributed by atoms with Crippen LogP contribution in [-0.2, 0) is 29.9 Å². The minimum Gasteiger partial charge on any atom is -0.507 e. The number of aliphatic hydroxyl groups is 1. The highest BCUT2D eigenvalue weighted by molar-refractivity contribution is 7.89. The molecular formula is C27H30N4O6S. The third kappa shape index (κ3) is 3.68. The molecule has 10 nitrogen and oxygen atoms in total. The van der Waals surface area contributed by atoms with E-state index in [0.717, 1.165) is 12.8 Å². The van der Waals surface area contributed by atoms with E-state index in [1.807, 2.05) is 19.0 Å². The standard InChI is InChI=1S/C27H30N4O6S/c1-28(2)16-17-31-25(34)24(33)22(27(31)20-8-4-5-9-21(20)29(3)26(27)35)23(32)18-10-12-19(13-11-18)38(36,37)30-14-6-7-15-30/h4-5,8-13,32H,6-7,14-17H2,1-3H3/b23-22-. The van der Waals surface area contributed by atoms with Gasteiger partial charge in [0.1, 0.15) is 5.76 Å². The zero-order valence-corrected chi connectivity index (χ0v) is 22.4. The summed E-state index contributed by atoms with van der Waals surface area (Å²) >= 11 is 0. The van der Waals surface area contributed by atoms with Gasteiger partial charge >= 0.3 is 0 Å². The van der Waals surface area contributed by atoms with Crippen molar-refractivity contribution in [2.24, 2.45) is 0 Å². The molecule has 11 heteroatoms. The molecule has 2 aromatic rings. The molecule has 2 amide bonds. The first kappa shape index (κ1) is 26.1. The normalized spacial score (nSPS) is 23.3. The van der Waals surface area contributed by atoms with Crippen molar-refractivity contribution in [3.63, 3.8) is 0 Å². The van der Waals surface area contributed by atoms with Gasteiger partial charge in [-0.1, -0.05) is 18.2 Å². The summed E-state index contributed by atoms with van der Waals surface area (Å²) in [7, 11) is 1.52. The van der Waals surface area contributed by atoms with Gasteiger partial charge in [0.25, 0.3) is 17.6 Å². The van der Waals surface area contributed by atoms with Crippen LogP contribution in [0.15, 0.2) is 59.0 Å². The fourth-order valence-corrected chi connectivity index (χ4v) is 7.09. The molecule has 3 aliphatic heterocycles. The molecule has 2 aromatic carbocycles. The first-order chi connectivity index (χ1) is 18.0. The topological polar surface area (TPSA) is 119 Å². The summed E-state index contributed by atoms with van der Waals surface area (Å²) in [6.07, 6.45) is 1.60. The summed E-state index contributed by atoms with van der Waals surface area (Å²) in [6, 6.07) is 12.4. The van der Waals surface area contributed by atoms with E-state index in [0.29, 0.717) is 30.9 Å². The van der Waals surface area contributed by atoms with Gasteiger partial charge in [-0.3, -0.25) is 14.4 Å². The minimum atomic E-state index is -3.68. The number of Topliss-reactive ketones (excluding diaryl/α,β-unsaturated/α-hetero) is 1. The van der Waals surface area contributed by atoms with Crippen LogP contribution < -0.4 is 4.90 Å². The average molecular weight is 539 g/mol. The van der Waals surface area contributed by atoms with Crippen LogP contribution in [0, 0.1) is 0 Å². The first-order valence-electron chi connectivity index (χ1n) is 12.5. The Bertz CT molecular complexity index is 1460. The number of aliphatic hydroxyl groups excluding tert-OH is 1. The van der Waals surface area contributed by atoms with Crippen LogP contribution in [0.25, 0.3) is 5.76 Å². The van der Waals surface area contributed by atoms with E-state index in [1.165, 1.54) is 38.4 Å². The second kappa shape index (κ2) is 9.33. The van der Waals surface area contributed by atoms with Crippen LogP contribution in [0.2, 0.25) is 0 Å². The Morgan fingerprint density at radius 1 is 1.00 bits per heavy atom. The molecule has 2 saturated heterocycles. The van der Waals surface area contributed by atoms with Crippen LogP contribution in [0.4, 0.5) is 5.69 Å². The Balaban J connectivity index is 1.67. The number of carbonyl (C=O) groups is 3. The fourth-order valence-electron chi connectivity index (χ4n) is 5.58. The molecule has 1 unspecified atom stereocenters. The Morgan fingerprint density at radius 3 is 2.26 bits per heavy atom. The number of amides is 2. The Kier molecular flexibility index (Phi) is 6.41. The summed E-state index contributed by atoms with van der Waals surface area (Å²) in [6.45, 7) is 1.37. The molecule has 1 N–H and O–H groups in total. The highest BCUT2D eigenvalue weighted by atomic mass is 32.2. The molecule has 0 aliphatic carbocycles. The molecule has 2 fully saturated rings. The average Bonchev–Trinajstić information content (AvgIpc) is 3.58. The maximum atomic E-state index is 13.9. The number of benzene rings is 2. The van der Waals surface area contributed by atoms with Crippen LogP contribution in [0.3, 0.4) is 0 Å². The van der Waals surface area contributed by atoms with E-state index in [9.17, 15) is 27.9 Å². The number of fused-ring (bicyclic) bond motifs is 2. The predicted molar refractivity (Wildman–Crippen MR) is 141 cm³/mol. The van der Waals surface area contributed by atoms with Gasteiger partial charge in [-0.25, -0.2) is 8.42 Å². The molecule has 0 radical (unpaired) electrons. The van der Waals surface area contributed by atoms with E-state index in [-0.39, 0.29) is 22.6 Å². The Hall–Kier alpha value is -3.54. The van der Waals surface area contributed by atoms with Crippen molar-refractivity contribution >= 4 is 39.1 Å². The van der Waals surface area contributed by atoms with Gasteiger partial charge in [-0.05, 0) is 57.3 Å². The number of nitrogens with zero attached hydrogens (tertiary/aromatic N) is 4. The van der Waals surface area contributed by atoms with Crippen molar-refractivity contribution in [3.05, 3.63) is 65.2 Å². The van der Waals surface area contributed by atoms with Gasteiger partial charge in [-0.15, -0.1) is 0 Å². The number of para-hydroxylation sites is 1. The molecule has 200 valence electrons. The molecule has 3 aliphatic rings. The third-order valence-corrected chi connectivity index (χ3v) is 9.45. The lowest BCUT2D eigenvalue weighted by Crippen LogP contribution is -2.52. The summed E-state index contributed by atoms with van der Waals surface area (Å²) in [5.74, 6) is -2.89. The van der Waals surface area contributed by atoms with Crippen LogP contribution in [0.1, 0.15) is 24.0 Å². The third-order valence-electron chi connectivity index (χ3n) is 7.54. The zero-order chi connectivity index (χ0) is 27.4. The maximum absolute atomic E-state index is 13.9. The van der Waals surface area contributed by atoms with E-state index >= 15 is 0 Å². The predicted octanol–water partition coefficient (Wildman–Crippen LogP) is 1.59. The summed E-state index contributed by atoms with van der Waals surface area (Å²) in [5.41, 5.74) is -1.05. The van der Waals surface area contributed by atoms with Crippen LogP contribution in [0.5, 0.6) is 0 Å². The first-order valence-corrected chi connectivity index (χ1v) is 13.9. The second-order valence-corrected chi connectivity index (χ2v) is 12.0. The van der Waals surface area contributed by atoms with Gasteiger partial charge in [0.2, 0.25) is 10.0 Å². The molecule has 0 bridgehead atoms. The number of likely N-dealkylation sites (N-methyl/N-ethyl adjacent to an activating group) is 2.